The molecule has 0 bridgehead atoms. The van der Waals surface area contributed by atoms with Gasteiger partial charge in [0.15, 0.2) is 0 Å². The molecule has 0 amide bonds. The Hall–Kier alpha value is -0.980. The summed E-state index contributed by atoms with van der Waals surface area (Å²) in [6, 6.07) is 10.9. The number of ether oxygens (including phenoxy) is 2. The molecule has 3 N–H and O–H groups in total. The predicted octanol–water partition coefficient (Wildman–Crippen LogP) is 0.704. The average Bonchev–Trinajstić information content (AvgIpc) is 2.96. The molecule has 1 fully saturated rings. The number of hydrazine groups is 1. The van der Waals surface area contributed by atoms with Crippen molar-refractivity contribution in [1.82, 2.24) is 16.2 Å². The van der Waals surface area contributed by atoms with Crippen molar-refractivity contribution in [2.45, 2.75) is 6.04 Å². The lowest BCUT2D eigenvalue weighted by Crippen LogP contribution is -2.30. The van der Waals surface area contributed by atoms with E-state index in [1.165, 1.54) is 5.56 Å². The van der Waals surface area contributed by atoms with E-state index < -0.39 is 0 Å². The number of methoxy groups -OCH3 is 1. The smallest absolute Gasteiger partial charge is 0.0700 e. The van der Waals surface area contributed by atoms with Crippen LogP contribution in [0, 0.1) is 5.92 Å². The summed E-state index contributed by atoms with van der Waals surface area (Å²) in [6.07, 6.45) is 0. The Morgan fingerprint density at radius 3 is 2.85 bits per heavy atom. The quantitative estimate of drug-likeness (QED) is 0.581. The van der Waals surface area contributed by atoms with Crippen LogP contribution < -0.4 is 16.2 Å². The van der Waals surface area contributed by atoms with Gasteiger partial charge < -0.3 is 14.8 Å². The fourth-order valence-electron chi connectivity index (χ4n) is 2.42. The number of nitrogens with one attached hydrogen (secondary N) is 3. The number of benzene rings is 1. The van der Waals surface area contributed by atoms with Gasteiger partial charge in [0, 0.05) is 32.7 Å². The maximum Gasteiger partial charge on any atom is 0.0700 e. The SMILES string of the molecule is COCCOCCNCC1CNNC1c1ccccc1. The number of hydrogen-bond acceptors (Lipinski definition) is 5. The standard InChI is InChI=1S/C15H25N3O2/c1-19-9-10-20-8-7-16-11-14-12-17-18-15(14)13-5-3-2-4-6-13/h2-6,14-18H,7-12H2,1H3. The van der Waals surface area contributed by atoms with Crippen molar-refractivity contribution in [3.63, 3.8) is 0 Å². The highest BCUT2D eigenvalue weighted by Crippen LogP contribution is 2.23. The van der Waals surface area contributed by atoms with E-state index in [0.29, 0.717) is 25.2 Å². The Morgan fingerprint density at radius 1 is 1.20 bits per heavy atom. The van der Waals surface area contributed by atoms with Gasteiger partial charge in [-0.15, -0.1) is 0 Å². The Labute approximate surface area is 121 Å². The molecule has 1 aromatic carbocycles. The van der Waals surface area contributed by atoms with Crippen LogP contribution in [0.25, 0.3) is 0 Å². The Balaban J connectivity index is 1.65. The van der Waals surface area contributed by atoms with Gasteiger partial charge in [0.05, 0.1) is 25.9 Å². The molecular weight excluding hydrogens is 254 g/mol. The molecule has 2 rings (SSSR count). The summed E-state index contributed by atoms with van der Waals surface area (Å²) >= 11 is 0. The first-order valence-corrected chi connectivity index (χ1v) is 7.22. The van der Waals surface area contributed by atoms with Gasteiger partial charge in [0.25, 0.3) is 0 Å². The molecule has 1 aliphatic rings. The summed E-state index contributed by atoms with van der Waals surface area (Å²) in [7, 11) is 1.69. The van der Waals surface area contributed by atoms with Gasteiger partial charge in [-0.3, -0.25) is 5.43 Å². The third-order valence-electron chi connectivity index (χ3n) is 3.51. The van der Waals surface area contributed by atoms with Crippen LogP contribution in [0.1, 0.15) is 11.6 Å². The molecule has 112 valence electrons. The molecule has 2 atom stereocenters. The average molecular weight is 279 g/mol. The monoisotopic (exact) mass is 279 g/mol. The normalized spacial score (nSPS) is 22.2. The van der Waals surface area contributed by atoms with Crippen molar-refractivity contribution < 1.29 is 9.47 Å². The van der Waals surface area contributed by atoms with E-state index in [0.717, 1.165) is 26.2 Å². The molecule has 0 radical (unpaired) electrons. The van der Waals surface area contributed by atoms with Crippen molar-refractivity contribution in [2.24, 2.45) is 5.92 Å². The van der Waals surface area contributed by atoms with Crippen LogP contribution in [-0.4, -0.2) is 46.6 Å². The Morgan fingerprint density at radius 2 is 2.05 bits per heavy atom. The molecule has 5 nitrogen and oxygen atoms in total. The third-order valence-corrected chi connectivity index (χ3v) is 3.51. The second kappa shape index (κ2) is 9.05. The van der Waals surface area contributed by atoms with Crippen LogP contribution >= 0.6 is 0 Å². The maximum atomic E-state index is 5.43. The first kappa shape index (κ1) is 15.4. The van der Waals surface area contributed by atoms with E-state index in [4.69, 9.17) is 9.47 Å². The van der Waals surface area contributed by atoms with Crippen LogP contribution in [0.4, 0.5) is 0 Å². The van der Waals surface area contributed by atoms with Crippen molar-refractivity contribution in [3.05, 3.63) is 35.9 Å². The third kappa shape index (κ3) is 4.85. The van der Waals surface area contributed by atoms with Crippen LogP contribution in [0.5, 0.6) is 0 Å². The second-order valence-corrected chi connectivity index (χ2v) is 4.98. The highest BCUT2D eigenvalue weighted by Gasteiger charge is 2.27. The molecule has 2 unspecified atom stereocenters. The molecule has 20 heavy (non-hydrogen) atoms. The van der Waals surface area contributed by atoms with E-state index in [-0.39, 0.29) is 0 Å². The van der Waals surface area contributed by atoms with Crippen molar-refractivity contribution in [3.8, 4) is 0 Å². The summed E-state index contributed by atoms with van der Waals surface area (Å²) < 4.78 is 10.4. The zero-order valence-electron chi connectivity index (χ0n) is 12.1. The lowest BCUT2D eigenvalue weighted by Gasteiger charge is -2.19. The summed E-state index contributed by atoms with van der Waals surface area (Å²) in [5, 5.41) is 3.46. The maximum absolute atomic E-state index is 5.43. The van der Waals surface area contributed by atoms with Crippen molar-refractivity contribution >= 4 is 0 Å². The van der Waals surface area contributed by atoms with E-state index in [2.05, 4.69) is 46.5 Å². The van der Waals surface area contributed by atoms with E-state index in [9.17, 15) is 0 Å². The summed E-state index contributed by atoms with van der Waals surface area (Å²) in [5.41, 5.74) is 7.94. The molecule has 1 saturated heterocycles. The largest absolute Gasteiger partial charge is 0.382 e. The van der Waals surface area contributed by atoms with Crippen molar-refractivity contribution in [1.29, 1.82) is 0 Å². The van der Waals surface area contributed by atoms with Crippen LogP contribution in [0.15, 0.2) is 30.3 Å². The number of hydrogen-bond donors (Lipinski definition) is 3. The van der Waals surface area contributed by atoms with Crippen LogP contribution in [0.3, 0.4) is 0 Å². The molecule has 1 aliphatic heterocycles. The highest BCUT2D eigenvalue weighted by molar-refractivity contribution is 5.20. The van der Waals surface area contributed by atoms with E-state index in [1.807, 2.05) is 0 Å². The first-order chi connectivity index (χ1) is 9.92. The van der Waals surface area contributed by atoms with Gasteiger partial charge in [-0.2, -0.15) is 0 Å². The molecule has 5 heteroatoms. The highest BCUT2D eigenvalue weighted by atomic mass is 16.5. The lowest BCUT2D eigenvalue weighted by molar-refractivity contribution is 0.0717. The van der Waals surface area contributed by atoms with Gasteiger partial charge in [0.1, 0.15) is 0 Å². The van der Waals surface area contributed by atoms with Gasteiger partial charge in [0.2, 0.25) is 0 Å². The first-order valence-electron chi connectivity index (χ1n) is 7.22. The minimum Gasteiger partial charge on any atom is -0.382 e. The van der Waals surface area contributed by atoms with Gasteiger partial charge in [-0.25, -0.2) is 5.43 Å². The van der Waals surface area contributed by atoms with Crippen LogP contribution in [-0.2, 0) is 9.47 Å². The van der Waals surface area contributed by atoms with Crippen LogP contribution in [0.2, 0.25) is 0 Å². The molecule has 1 aromatic rings. The minimum atomic E-state index is 0.373. The second-order valence-electron chi connectivity index (χ2n) is 4.98. The molecule has 0 spiro atoms. The van der Waals surface area contributed by atoms with Gasteiger partial charge >= 0.3 is 0 Å². The predicted molar refractivity (Wildman–Crippen MR) is 79.4 cm³/mol. The lowest BCUT2D eigenvalue weighted by atomic mass is 9.95. The molecule has 0 aliphatic carbocycles. The van der Waals surface area contributed by atoms with E-state index >= 15 is 0 Å². The zero-order chi connectivity index (χ0) is 14.0. The minimum absolute atomic E-state index is 0.373. The molecular formula is C15H25N3O2. The topological polar surface area (TPSA) is 54.6 Å². The van der Waals surface area contributed by atoms with E-state index in [1.54, 1.807) is 7.11 Å². The summed E-state index contributed by atoms with van der Waals surface area (Å²) in [4.78, 5) is 0. The molecule has 1 heterocycles. The Bertz CT molecular complexity index is 361. The Kier molecular flexibility index (Phi) is 6.97. The fourth-order valence-corrected chi connectivity index (χ4v) is 2.42. The molecule has 0 saturated carbocycles. The van der Waals surface area contributed by atoms with Gasteiger partial charge in [-0.05, 0) is 5.56 Å². The fraction of sp³-hybridized carbons (Fsp3) is 0.600. The van der Waals surface area contributed by atoms with Gasteiger partial charge in [-0.1, -0.05) is 30.3 Å². The molecule has 0 aromatic heterocycles. The van der Waals surface area contributed by atoms with Crippen molar-refractivity contribution in [2.75, 3.05) is 46.6 Å². The number of rotatable bonds is 9. The summed E-state index contributed by atoms with van der Waals surface area (Å²) in [6.45, 7) is 4.89. The summed E-state index contributed by atoms with van der Waals surface area (Å²) in [5.74, 6) is 0.552. The zero-order valence-corrected chi connectivity index (χ0v) is 12.1.